The zero-order chi connectivity index (χ0) is 18.4. The van der Waals surface area contributed by atoms with E-state index in [1.807, 2.05) is 43.3 Å². The van der Waals surface area contributed by atoms with Gasteiger partial charge in [0.25, 0.3) is 11.8 Å². The number of hydrogen-bond acceptors (Lipinski definition) is 2. The molecule has 0 bridgehead atoms. The standard InChI is InChI=1S/C21H18N2O2S/c1-16-12-14-19(15-13-16)26(22-20(24)17-8-4-2-5-9-17)23-21(25)18-10-6-3-7-11-18/h2-15H,1H3,(H,22,23,24,25). The fourth-order valence-corrected chi connectivity index (χ4v) is 3.48. The molecule has 0 aromatic heterocycles. The molecule has 0 fully saturated rings. The summed E-state index contributed by atoms with van der Waals surface area (Å²) in [5.41, 5.74) is 2.12. The molecular weight excluding hydrogens is 344 g/mol. The molecule has 0 aliphatic carbocycles. The van der Waals surface area contributed by atoms with E-state index in [4.69, 9.17) is 0 Å². The van der Waals surface area contributed by atoms with Crippen molar-refractivity contribution in [3.63, 3.8) is 0 Å². The number of nitrogens with zero attached hydrogens (tertiary/aromatic N) is 1. The largest absolute Gasteiger partial charge is 0.284 e. The molecule has 0 saturated heterocycles. The molecule has 0 saturated carbocycles. The maximum absolute atomic E-state index is 12.5. The molecule has 26 heavy (non-hydrogen) atoms. The minimum atomic E-state index is -1.08. The van der Waals surface area contributed by atoms with Crippen LogP contribution in [0.15, 0.2) is 94.2 Å². The van der Waals surface area contributed by atoms with Crippen LogP contribution in [0.25, 0.3) is 0 Å². The average molecular weight is 362 g/mol. The van der Waals surface area contributed by atoms with Crippen molar-refractivity contribution in [1.29, 1.82) is 0 Å². The third-order valence-electron chi connectivity index (χ3n) is 3.66. The van der Waals surface area contributed by atoms with Gasteiger partial charge in [-0.2, -0.15) is 4.36 Å². The molecule has 3 aromatic rings. The van der Waals surface area contributed by atoms with Gasteiger partial charge in [0.15, 0.2) is 0 Å². The summed E-state index contributed by atoms with van der Waals surface area (Å²) in [5.74, 6) is -0.623. The molecule has 1 atom stereocenters. The van der Waals surface area contributed by atoms with Gasteiger partial charge in [0, 0.05) is 26.9 Å². The number of hydrogen-bond donors (Lipinski definition) is 1. The molecule has 2 amide bonds. The SMILES string of the molecule is Cc1ccc(S(=NC(=O)c2ccccc2)NC(=O)c2ccccc2)cc1. The Balaban J connectivity index is 1.94. The van der Waals surface area contributed by atoms with Crippen LogP contribution in [0, 0.1) is 6.92 Å². The first-order valence-corrected chi connectivity index (χ1v) is 9.30. The number of aryl methyl sites for hydroxylation is 1. The Hall–Kier alpha value is -3.05. The van der Waals surface area contributed by atoms with Gasteiger partial charge in [-0.1, -0.05) is 54.1 Å². The second-order valence-electron chi connectivity index (χ2n) is 5.66. The minimum absolute atomic E-state index is 0.265. The summed E-state index contributed by atoms with van der Waals surface area (Å²) in [6, 6.07) is 25.4. The van der Waals surface area contributed by atoms with E-state index >= 15 is 0 Å². The molecule has 4 nitrogen and oxygen atoms in total. The first kappa shape index (κ1) is 17.8. The predicted molar refractivity (Wildman–Crippen MR) is 104 cm³/mol. The zero-order valence-electron chi connectivity index (χ0n) is 14.3. The lowest BCUT2D eigenvalue weighted by atomic mass is 10.2. The molecule has 5 heteroatoms. The van der Waals surface area contributed by atoms with E-state index in [1.54, 1.807) is 48.5 Å². The maximum Gasteiger partial charge on any atom is 0.284 e. The van der Waals surface area contributed by atoms with Crippen molar-refractivity contribution in [2.24, 2.45) is 4.36 Å². The van der Waals surface area contributed by atoms with E-state index in [0.717, 1.165) is 10.5 Å². The molecule has 1 N–H and O–H groups in total. The van der Waals surface area contributed by atoms with Crippen LogP contribution in [0.2, 0.25) is 0 Å². The van der Waals surface area contributed by atoms with Crippen molar-refractivity contribution in [3.05, 3.63) is 102 Å². The number of benzene rings is 3. The van der Waals surface area contributed by atoms with E-state index in [2.05, 4.69) is 9.08 Å². The number of rotatable bonds is 4. The number of nitrogens with one attached hydrogen (secondary N) is 1. The summed E-state index contributed by atoms with van der Waals surface area (Å²) in [6.45, 7) is 1.98. The van der Waals surface area contributed by atoms with Gasteiger partial charge in [0.1, 0.15) is 0 Å². The lowest BCUT2D eigenvalue weighted by Gasteiger charge is -2.11. The van der Waals surface area contributed by atoms with Crippen LogP contribution in [0.1, 0.15) is 26.3 Å². The Kier molecular flexibility index (Phi) is 5.71. The number of carbonyl (C=O) groups is 2. The quantitative estimate of drug-likeness (QED) is 0.750. The van der Waals surface area contributed by atoms with Gasteiger partial charge in [0.2, 0.25) is 0 Å². The van der Waals surface area contributed by atoms with Crippen LogP contribution in [0.3, 0.4) is 0 Å². The minimum Gasteiger partial charge on any atom is -0.283 e. The molecule has 0 aliphatic rings. The lowest BCUT2D eigenvalue weighted by molar-refractivity contribution is 0.0983. The van der Waals surface area contributed by atoms with Crippen molar-refractivity contribution in [2.45, 2.75) is 11.8 Å². The van der Waals surface area contributed by atoms with Gasteiger partial charge < -0.3 is 0 Å². The topological polar surface area (TPSA) is 58.5 Å². The van der Waals surface area contributed by atoms with Gasteiger partial charge in [-0.15, -0.1) is 0 Å². The Morgan fingerprint density at radius 1 is 0.769 bits per heavy atom. The Bertz CT molecular complexity index is 937. The summed E-state index contributed by atoms with van der Waals surface area (Å²) in [4.78, 5) is 25.8. The predicted octanol–water partition coefficient (Wildman–Crippen LogP) is 4.34. The van der Waals surface area contributed by atoms with Gasteiger partial charge in [-0.05, 0) is 43.3 Å². The monoisotopic (exact) mass is 362 g/mol. The van der Waals surface area contributed by atoms with Crippen LogP contribution >= 0.6 is 0 Å². The second kappa shape index (κ2) is 8.36. The molecule has 1 unspecified atom stereocenters. The Labute approximate surface area is 155 Å². The highest BCUT2D eigenvalue weighted by atomic mass is 32.2. The zero-order valence-corrected chi connectivity index (χ0v) is 15.1. The third-order valence-corrected chi connectivity index (χ3v) is 5.11. The summed E-state index contributed by atoms with van der Waals surface area (Å²) in [6.07, 6.45) is 0. The average Bonchev–Trinajstić information content (AvgIpc) is 2.69. The molecule has 0 spiro atoms. The van der Waals surface area contributed by atoms with Crippen LogP contribution in [-0.4, -0.2) is 11.8 Å². The van der Waals surface area contributed by atoms with Crippen LogP contribution < -0.4 is 4.72 Å². The summed E-state index contributed by atoms with van der Waals surface area (Å²) >= 11 is 0. The molecule has 0 aliphatic heterocycles. The lowest BCUT2D eigenvalue weighted by Crippen LogP contribution is -2.26. The van der Waals surface area contributed by atoms with Gasteiger partial charge in [-0.25, -0.2) is 0 Å². The molecule has 130 valence electrons. The highest BCUT2D eigenvalue weighted by Crippen LogP contribution is 2.12. The molecular formula is C21H18N2O2S. The number of amides is 2. The Morgan fingerprint density at radius 2 is 1.31 bits per heavy atom. The van der Waals surface area contributed by atoms with Gasteiger partial charge in [-0.3, -0.25) is 14.3 Å². The first-order valence-electron chi connectivity index (χ1n) is 8.12. The van der Waals surface area contributed by atoms with E-state index in [0.29, 0.717) is 11.1 Å². The van der Waals surface area contributed by atoms with Crippen LogP contribution in [-0.2, 0) is 10.9 Å². The van der Waals surface area contributed by atoms with E-state index in [-0.39, 0.29) is 11.8 Å². The Morgan fingerprint density at radius 3 is 1.88 bits per heavy atom. The summed E-state index contributed by atoms with van der Waals surface area (Å²) < 4.78 is 7.14. The summed E-state index contributed by atoms with van der Waals surface area (Å²) in [7, 11) is -1.08. The molecule has 0 radical (unpaired) electrons. The van der Waals surface area contributed by atoms with Crippen molar-refractivity contribution < 1.29 is 9.59 Å². The van der Waals surface area contributed by atoms with Crippen molar-refractivity contribution in [3.8, 4) is 0 Å². The highest BCUT2D eigenvalue weighted by Gasteiger charge is 2.12. The smallest absolute Gasteiger partial charge is 0.283 e. The molecule has 0 heterocycles. The normalized spacial score (nSPS) is 11.7. The van der Waals surface area contributed by atoms with E-state index < -0.39 is 10.9 Å². The third kappa shape index (κ3) is 4.52. The van der Waals surface area contributed by atoms with Crippen molar-refractivity contribution >= 4 is 22.7 Å². The highest BCUT2D eigenvalue weighted by molar-refractivity contribution is 7.86. The fourth-order valence-electron chi connectivity index (χ4n) is 2.25. The molecule has 3 aromatic carbocycles. The van der Waals surface area contributed by atoms with Gasteiger partial charge in [0.05, 0.1) is 0 Å². The first-order chi connectivity index (χ1) is 12.6. The molecule has 3 rings (SSSR count). The van der Waals surface area contributed by atoms with Crippen LogP contribution in [0.5, 0.6) is 0 Å². The van der Waals surface area contributed by atoms with Crippen LogP contribution in [0.4, 0.5) is 0 Å². The summed E-state index contributed by atoms with van der Waals surface area (Å²) in [5, 5.41) is 0. The number of carbonyl (C=O) groups excluding carboxylic acids is 2. The fraction of sp³-hybridized carbons (Fsp3) is 0.0476. The van der Waals surface area contributed by atoms with E-state index in [9.17, 15) is 9.59 Å². The van der Waals surface area contributed by atoms with Gasteiger partial charge >= 0.3 is 0 Å². The second-order valence-corrected chi connectivity index (χ2v) is 7.08. The van der Waals surface area contributed by atoms with Crippen molar-refractivity contribution in [1.82, 2.24) is 4.72 Å². The van der Waals surface area contributed by atoms with Crippen molar-refractivity contribution in [2.75, 3.05) is 0 Å². The van der Waals surface area contributed by atoms with E-state index in [1.165, 1.54) is 0 Å². The maximum atomic E-state index is 12.5.